The Balaban J connectivity index is 2.83. The Morgan fingerprint density at radius 1 is 1.44 bits per heavy atom. The van der Waals surface area contributed by atoms with Gasteiger partial charge in [-0.05, 0) is 19.9 Å². The van der Waals surface area contributed by atoms with Gasteiger partial charge in [0.05, 0.1) is 22.7 Å². The topological polar surface area (TPSA) is 82.8 Å². The van der Waals surface area contributed by atoms with Crippen molar-refractivity contribution in [3.05, 3.63) is 23.0 Å². The van der Waals surface area contributed by atoms with Gasteiger partial charge in [0.1, 0.15) is 6.07 Å². The van der Waals surface area contributed by atoms with Crippen molar-refractivity contribution in [3.63, 3.8) is 0 Å². The summed E-state index contributed by atoms with van der Waals surface area (Å²) in [5.41, 5.74) is 2.56. The van der Waals surface area contributed by atoms with Crippen LogP contribution in [0.4, 0.5) is 5.69 Å². The van der Waals surface area contributed by atoms with Crippen LogP contribution in [0.3, 0.4) is 0 Å². The number of nitriles is 1. The van der Waals surface area contributed by atoms with Crippen molar-refractivity contribution in [3.8, 4) is 6.07 Å². The second kappa shape index (κ2) is 5.83. The first kappa shape index (κ1) is 14.5. The molecule has 98 valence electrons. The van der Waals surface area contributed by atoms with Gasteiger partial charge in [-0.25, -0.2) is 8.42 Å². The van der Waals surface area contributed by atoms with Crippen molar-refractivity contribution in [1.82, 2.24) is 4.98 Å². The molecule has 0 aromatic carbocycles. The highest BCUT2D eigenvalue weighted by Gasteiger charge is 2.10. The van der Waals surface area contributed by atoms with E-state index in [4.69, 9.17) is 5.26 Å². The summed E-state index contributed by atoms with van der Waals surface area (Å²) in [4.78, 5) is 4.20. The average Bonchev–Trinajstić information content (AvgIpc) is 2.28. The minimum atomic E-state index is -2.99. The molecule has 0 spiro atoms. The predicted molar refractivity (Wildman–Crippen MR) is 71.2 cm³/mol. The van der Waals surface area contributed by atoms with Gasteiger partial charge in [0.15, 0.2) is 9.84 Å². The number of anilines is 1. The zero-order valence-corrected chi connectivity index (χ0v) is 11.6. The lowest BCUT2D eigenvalue weighted by Crippen LogP contribution is -2.18. The maximum Gasteiger partial charge on any atom is 0.151 e. The van der Waals surface area contributed by atoms with Crippen molar-refractivity contribution in [1.29, 1.82) is 5.26 Å². The molecule has 0 radical (unpaired) electrons. The highest BCUT2D eigenvalue weighted by atomic mass is 32.2. The molecular formula is C12H17N3O2S. The lowest BCUT2D eigenvalue weighted by molar-refractivity contribution is 0.597. The summed E-state index contributed by atoms with van der Waals surface area (Å²) in [5, 5.41) is 12.0. The molecule has 1 aromatic heterocycles. The van der Waals surface area contributed by atoms with E-state index >= 15 is 0 Å². The number of hydrogen-bond acceptors (Lipinski definition) is 5. The Morgan fingerprint density at radius 2 is 2.11 bits per heavy atom. The lowest BCUT2D eigenvalue weighted by atomic mass is 10.1. The molecule has 0 aliphatic rings. The molecule has 0 fully saturated rings. The summed E-state index contributed by atoms with van der Waals surface area (Å²) in [5.74, 6) is 0.197. The Bertz CT molecular complexity index is 574. The zero-order valence-electron chi connectivity index (χ0n) is 10.8. The summed E-state index contributed by atoms with van der Waals surface area (Å²) in [6.07, 6.45) is 0. The molecule has 1 aromatic rings. The number of pyridine rings is 1. The van der Waals surface area contributed by atoms with E-state index in [9.17, 15) is 8.42 Å². The van der Waals surface area contributed by atoms with E-state index in [-0.39, 0.29) is 11.5 Å². The summed E-state index contributed by atoms with van der Waals surface area (Å²) < 4.78 is 22.7. The number of hydrogen-bond donors (Lipinski definition) is 1. The molecule has 6 heteroatoms. The largest absolute Gasteiger partial charge is 0.383 e. The quantitative estimate of drug-likeness (QED) is 0.872. The third kappa shape index (κ3) is 3.70. The molecule has 0 unspecified atom stereocenters. The van der Waals surface area contributed by atoms with Crippen molar-refractivity contribution in [2.75, 3.05) is 23.4 Å². The number of aryl methyl sites for hydroxylation is 2. The highest BCUT2D eigenvalue weighted by molar-refractivity contribution is 7.91. The van der Waals surface area contributed by atoms with Gasteiger partial charge in [-0.2, -0.15) is 5.26 Å². The van der Waals surface area contributed by atoms with Crippen LogP contribution < -0.4 is 5.32 Å². The van der Waals surface area contributed by atoms with Gasteiger partial charge in [-0.3, -0.25) is 4.98 Å². The normalized spacial score (nSPS) is 11.0. The minimum Gasteiger partial charge on any atom is -0.383 e. The van der Waals surface area contributed by atoms with Gasteiger partial charge < -0.3 is 5.32 Å². The van der Waals surface area contributed by atoms with Gasteiger partial charge in [0.2, 0.25) is 0 Å². The SMILES string of the molecule is CCS(=O)(=O)CCNc1cc(C)nc(C)c1C#N. The van der Waals surface area contributed by atoms with Crippen molar-refractivity contribution in [2.24, 2.45) is 0 Å². The number of nitrogens with zero attached hydrogens (tertiary/aromatic N) is 2. The van der Waals surface area contributed by atoms with E-state index in [1.54, 1.807) is 19.9 Å². The molecule has 1 N–H and O–H groups in total. The smallest absolute Gasteiger partial charge is 0.151 e. The zero-order chi connectivity index (χ0) is 13.8. The van der Waals surface area contributed by atoms with Crippen molar-refractivity contribution >= 4 is 15.5 Å². The Hall–Kier alpha value is -1.61. The van der Waals surface area contributed by atoms with E-state index in [0.29, 0.717) is 23.5 Å². The fourth-order valence-corrected chi connectivity index (χ4v) is 2.30. The molecule has 0 bridgehead atoms. The van der Waals surface area contributed by atoms with Gasteiger partial charge in [-0.1, -0.05) is 6.92 Å². The maximum absolute atomic E-state index is 11.4. The van der Waals surface area contributed by atoms with Crippen LogP contribution in [-0.2, 0) is 9.84 Å². The molecule has 0 aliphatic heterocycles. The third-order valence-electron chi connectivity index (χ3n) is 2.61. The van der Waals surface area contributed by atoms with E-state index < -0.39 is 9.84 Å². The van der Waals surface area contributed by atoms with Crippen LogP contribution in [0, 0.1) is 25.2 Å². The first-order valence-electron chi connectivity index (χ1n) is 5.72. The van der Waals surface area contributed by atoms with Crippen LogP contribution in [0.2, 0.25) is 0 Å². The minimum absolute atomic E-state index is 0.0643. The van der Waals surface area contributed by atoms with Gasteiger partial charge in [0.25, 0.3) is 0 Å². The van der Waals surface area contributed by atoms with E-state index in [2.05, 4.69) is 16.4 Å². The number of sulfone groups is 1. The van der Waals surface area contributed by atoms with Crippen LogP contribution in [0.1, 0.15) is 23.9 Å². The van der Waals surface area contributed by atoms with Crippen LogP contribution >= 0.6 is 0 Å². The van der Waals surface area contributed by atoms with Crippen LogP contribution in [0.5, 0.6) is 0 Å². The average molecular weight is 267 g/mol. The van der Waals surface area contributed by atoms with E-state index in [1.807, 2.05) is 6.92 Å². The molecule has 1 rings (SSSR count). The van der Waals surface area contributed by atoms with Gasteiger partial charge in [0, 0.05) is 18.0 Å². The van der Waals surface area contributed by atoms with E-state index in [1.165, 1.54) is 0 Å². The second-order valence-corrected chi connectivity index (χ2v) is 6.52. The molecule has 18 heavy (non-hydrogen) atoms. The number of rotatable bonds is 5. The third-order valence-corrected chi connectivity index (χ3v) is 4.31. The van der Waals surface area contributed by atoms with Crippen molar-refractivity contribution in [2.45, 2.75) is 20.8 Å². The van der Waals surface area contributed by atoms with Crippen molar-refractivity contribution < 1.29 is 8.42 Å². The monoisotopic (exact) mass is 267 g/mol. The number of nitrogens with one attached hydrogen (secondary N) is 1. The first-order chi connectivity index (χ1) is 8.39. The number of aromatic nitrogens is 1. The van der Waals surface area contributed by atoms with Crippen LogP contribution in [-0.4, -0.2) is 31.5 Å². The Morgan fingerprint density at radius 3 is 2.67 bits per heavy atom. The predicted octanol–water partition coefficient (Wildman–Crippen LogP) is 1.42. The molecule has 0 amide bonds. The Kier molecular flexibility index (Phi) is 4.68. The highest BCUT2D eigenvalue weighted by Crippen LogP contribution is 2.18. The summed E-state index contributed by atoms with van der Waals surface area (Å²) >= 11 is 0. The Labute approximate surface area is 108 Å². The molecule has 5 nitrogen and oxygen atoms in total. The molecule has 0 atom stereocenters. The molecule has 1 heterocycles. The molecule has 0 saturated carbocycles. The second-order valence-electron chi connectivity index (χ2n) is 4.05. The summed E-state index contributed by atoms with van der Waals surface area (Å²) in [6.45, 7) is 5.52. The standard InChI is InChI=1S/C12H17N3O2S/c1-4-18(16,17)6-5-14-12-7-9(2)15-10(3)11(12)8-13/h7H,4-6H2,1-3H3,(H,14,15). The lowest BCUT2D eigenvalue weighted by Gasteiger charge is -2.10. The fourth-order valence-electron chi connectivity index (χ4n) is 1.59. The van der Waals surface area contributed by atoms with E-state index in [0.717, 1.165) is 5.69 Å². The molecule has 0 saturated heterocycles. The van der Waals surface area contributed by atoms with Crippen LogP contribution in [0.25, 0.3) is 0 Å². The fraction of sp³-hybridized carbons (Fsp3) is 0.500. The summed E-state index contributed by atoms with van der Waals surface area (Å²) in [7, 11) is -2.99. The maximum atomic E-state index is 11.4. The summed E-state index contributed by atoms with van der Waals surface area (Å²) in [6, 6.07) is 3.83. The van der Waals surface area contributed by atoms with Gasteiger partial charge in [-0.15, -0.1) is 0 Å². The molecular weight excluding hydrogens is 250 g/mol. The first-order valence-corrected chi connectivity index (χ1v) is 7.54. The molecule has 0 aliphatic carbocycles. The van der Waals surface area contributed by atoms with Gasteiger partial charge >= 0.3 is 0 Å². The van der Waals surface area contributed by atoms with Crippen LogP contribution in [0.15, 0.2) is 6.07 Å².